The minimum Gasteiger partial charge on any atom is -0.490 e. The molecule has 0 spiro atoms. The highest BCUT2D eigenvalue weighted by Gasteiger charge is 2.25. The zero-order valence-electron chi connectivity index (χ0n) is 15.0. The lowest BCUT2D eigenvalue weighted by atomic mass is 10.1. The summed E-state index contributed by atoms with van der Waals surface area (Å²) in [6, 6.07) is 6.81. The fourth-order valence-electron chi connectivity index (χ4n) is 2.88. The Morgan fingerprint density at radius 2 is 1.88 bits per heavy atom. The van der Waals surface area contributed by atoms with Crippen molar-refractivity contribution in [1.82, 2.24) is 14.5 Å². The first-order valence-electron chi connectivity index (χ1n) is 8.78. The molecule has 0 radical (unpaired) electrons. The zero-order valence-corrected chi connectivity index (χ0v) is 15.0. The van der Waals surface area contributed by atoms with Gasteiger partial charge in [0.1, 0.15) is 11.9 Å². The van der Waals surface area contributed by atoms with Gasteiger partial charge >= 0.3 is 6.09 Å². The average molecular weight is 357 g/mol. The predicted molar refractivity (Wildman–Crippen MR) is 96.7 cm³/mol. The van der Waals surface area contributed by atoms with Crippen LogP contribution in [0.3, 0.4) is 0 Å². The number of hydrogen-bond acceptors (Lipinski definition) is 5. The van der Waals surface area contributed by atoms with Gasteiger partial charge in [0, 0.05) is 50.6 Å². The van der Waals surface area contributed by atoms with Crippen LogP contribution in [0.1, 0.15) is 26.7 Å². The Balaban J connectivity index is 1.58. The van der Waals surface area contributed by atoms with E-state index >= 15 is 0 Å². The first kappa shape index (κ1) is 18.0. The number of aromatic nitrogens is 2. The lowest BCUT2D eigenvalue weighted by Gasteiger charge is -2.32. The van der Waals surface area contributed by atoms with E-state index in [9.17, 15) is 9.59 Å². The molecule has 2 aromatic rings. The van der Waals surface area contributed by atoms with E-state index in [0.717, 1.165) is 5.69 Å². The first-order valence-corrected chi connectivity index (χ1v) is 8.78. The third-order valence-electron chi connectivity index (χ3n) is 4.17. The van der Waals surface area contributed by atoms with Crippen LogP contribution in [-0.2, 0) is 4.74 Å². The highest BCUT2D eigenvalue weighted by atomic mass is 16.6. The molecule has 138 valence electrons. The largest absolute Gasteiger partial charge is 0.490 e. The van der Waals surface area contributed by atoms with Crippen LogP contribution in [0.4, 0.5) is 4.79 Å². The summed E-state index contributed by atoms with van der Waals surface area (Å²) in [5.41, 5.74) is 0.597. The van der Waals surface area contributed by atoms with Gasteiger partial charge < -0.3 is 14.4 Å². The molecule has 0 N–H and O–H groups in total. The number of carbonyl (C=O) groups excluding carboxylic acids is 1. The molecular weight excluding hydrogens is 334 g/mol. The Bertz CT molecular complexity index is 796. The molecule has 0 bridgehead atoms. The molecule has 2 aromatic heterocycles. The van der Waals surface area contributed by atoms with Gasteiger partial charge in [-0.3, -0.25) is 14.3 Å². The van der Waals surface area contributed by atoms with Crippen molar-refractivity contribution >= 4 is 6.09 Å². The zero-order chi connectivity index (χ0) is 18.5. The molecule has 3 heterocycles. The molecule has 0 aromatic carbocycles. The Morgan fingerprint density at radius 1 is 1.19 bits per heavy atom. The van der Waals surface area contributed by atoms with E-state index in [1.165, 1.54) is 6.07 Å². The van der Waals surface area contributed by atoms with E-state index in [2.05, 4.69) is 4.98 Å². The number of amides is 1. The second-order valence-corrected chi connectivity index (χ2v) is 6.51. The van der Waals surface area contributed by atoms with E-state index in [4.69, 9.17) is 9.47 Å². The van der Waals surface area contributed by atoms with Gasteiger partial charge in [0.05, 0.1) is 11.8 Å². The van der Waals surface area contributed by atoms with Gasteiger partial charge in [0.15, 0.2) is 0 Å². The Kier molecular flexibility index (Phi) is 5.55. The molecule has 1 aliphatic heterocycles. The molecule has 1 saturated heterocycles. The van der Waals surface area contributed by atoms with Crippen molar-refractivity contribution in [2.45, 2.75) is 38.9 Å². The monoisotopic (exact) mass is 357 g/mol. The number of nitrogens with zero attached hydrogens (tertiary/aromatic N) is 3. The summed E-state index contributed by atoms with van der Waals surface area (Å²) in [4.78, 5) is 29.9. The first-order chi connectivity index (χ1) is 12.5. The van der Waals surface area contributed by atoms with Crippen LogP contribution in [-0.4, -0.2) is 45.8 Å². The third-order valence-corrected chi connectivity index (χ3v) is 4.17. The molecule has 0 atom stereocenters. The minimum atomic E-state index is -0.279. The van der Waals surface area contributed by atoms with Crippen LogP contribution in [0, 0.1) is 0 Å². The Labute approximate surface area is 152 Å². The number of pyridine rings is 2. The second kappa shape index (κ2) is 8.03. The van der Waals surface area contributed by atoms with E-state index in [0.29, 0.717) is 31.7 Å². The molecule has 0 unspecified atom stereocenters. The van der Waals surface area contributed by atoms with Gasteiger partial charge in [-0.25, -0.2) is 4.79 Å². The normalized spacial score (nSPS) is 15.1. The summed E-state index contributed by atoms with van der Waals surface area (Å²) in [6.07, 6.45) is 5.98. The Hall–Kier alpha value is -2.83. The van der Waals surface area contributed by atoms with Gasteiger partial charge in [-0.15, -0.1) is 0 Å². The summed E-state index contributed by atoms with van der Waals surface area (Å²) in [7, 11) is 0. The molecule has 7 nitrogen and oxygen atoms in total. The van der Waals surface area contributed by atoms with Gasteiger partial charge in [-0.2, -0.15) is 0 Å². The van der Waals surface area contributed by atoms with E-state index < -0.39 is 0 Å². The minimum absolute atomic E-state index is 0.0192. The van der Waals surface area contributed by atoms with Crippen LogP contribution in [0.15, 0.2) is 47.7 Å². The van der Waals surface area contributed by atoms with Crippen molar-refractivity contribution in [2.24, 2.45) is 0 Å². The standard InChI is InChI=1S/C19H23N3O4/c1-14(2)25-19(24)21-10-5-16(6-11-21)26-17-7-12-22(18(23)13-17)15-3-8-20-9-4-15/h3-4,7-9,12-14,16H,5-6,10-11H2,1-2H3. The smallest absolute Gasteiger partial charge is 0.410 e. The molecule has 26 heavy (non-hydrogen) atoms. The van der Waals surface area contributed by atoms with Gasteiger partial charge in [-0.1, -0.05) is 0 Å². The summed E-state index contributed by atoms with van der Waals surface area (Å²) in [6.45, 7) is 4.85. The van der Waals surface area contributed by atoms with Crippen LogP contribution < -0.4 is 10.3 Å². The van der Waals surface area contributed by atoms with Crippen molar-refractivity contribution in [3.05, 3.63) is 53.2 Å². The predicted octanol–water partition coefficient (Wildman–Crippen LogP) is 2.62. The number of likely N-dealkylation sites (tertiary alicyclic amines) is 1. The molecule has 0 aliphatic carbocycles. The van der Waals surface area contributed by atoms with Gasteiger partial charge in [0.25, 0.3) is 5.56 Å². The highest BCUT2D eigenvalue weighted by Crippen LogP contribution is 2.19. The Morgan fingerprint density at radius 3 is 2.50 bits per heavy atom. The number of ether oxygens (including phenoxy) is 2. The molecule has 0 saturated carbocycles. The summed E-state index contributed by atoms with van der Waals surface area (Å²) in [5.74, 6) is 0.545. The van der Waals surface area contributed by atoms with Crippen LogP contribution in [0.2, 0.25) is 0 Å². The fraction of sp³-hybridized carbons (Fsp3) is 0.421. The van der Waals surface area contributed by atoms with Crippen molar-refractivity contribution < 1.29 is 14.3 Å². The lowest BCUT2D eigenvalue weighted by Crippen LogP contribution is -2.42. The average Bonchev–Trinajstić information content (AvgIpc) is 2.62. The topological polar surface area (TPSA) is 73.7 Å². The maximum atomic E-state index is 12.3. The lowest BCUT2D eigenvalue weighted by molar-refractivity contribution is 0.0516. The summed E-state index contributed by atoms with van der Waals surface area (Å²) in [5, 5.41) is 0. The van der Waals surface area contributed by atoms with Crippen molar-refractivity contribution in [3.63, 3.8) is 0 Å². The van der Waals surface area contributed by atoms with E-state index in [1.807, 2.05) is 13.8 Å². The number of carbonyl (C=O) groups is 1. The fourth-order valence-corrected chi connectivity index (χ4v) is 2.88. The SMILES string of the molecule is CC(C)OC(=O)N1CCC(Oc2ccn(-c3ccncc3)c(=O)c2)CC1. The van der Waals surface area contributed by atoms with E-state index in [-0.39, 0.29) is 23.9 Å². The second-order valence-electron chi connectivity index (χ2n) is 6.51. The summed E-state index contributed by atoms with van der Waals surface area (Å²) >= 11 is 0. The third kappa shape index (κ3) is 4.41. The molecule has 1 fully saturated rings. The highest BCUT2D eigenvalue weighted by molar-refractivity contribution is 5.67. The number of hydrogen-bond donors (Lipinski definition) is 0. The molecule has 1 aliphatic rings. The van der Waals surface area contributed by atoms with Crippen molar-refractivity contribution in [3.8, 4) is 11.4 Å². The van der Waals surface area contributed by atoms with E-state index in [1.54, 1.807) is 46.3 Å². The quantitative estimate of drug-likeness (QED) is 0.841. The number of rotatable bonds is 4. The molecule has 7 heteroatoms. The molecule has 3 rings (SSSR count). The number of piperidine rings is 1. The summed E-state index contributed by atoms with van der Waals surface area (Å²) < 4.78 is 12.7. The maximum absolute atomic E-state index is 12.3. The van der Waals surface area contributed by atoms with Crippen LogP contribution in [0.5, 0.6) is 5.75 Å². The van der Waals surface area contributed by atoms with Crippen molar-refractivity contribution in [2.75, 3.05) is 13.1 Å². The molecule has 1 amide bonds. The molecular formula is C19H23N3O4. The van der Waals surface area contributed by atoms with Gasteiger partial charge in [-0.05, 0) is 32.0 Å². The van der Waals surface area contributed by atoms with Gasteiger partial charge in [0.2, 0.25) is 0 Å². The van der Waals surface area contributed by atoms with Crippen molar-refractivity contribution in [1.29, 1.82) is 0 Å². The van der Waals surface area contributed by atoms with Crippen LogP contribution >= 0.6 is 0 Å². The maximum Gasteiger partial charge on any atom is 0.410 e. The van der Waals surface area contributed by atoms with Crippen LogP contribution in [0.25, 0.3) is 5.69 Å².